The minimum atomic E-state index is 0.904. The smallest absolute Gasteiger partial charge is 0.137 e. The Morgan fingerprint density at radius 2 is 1.23 bits per heavy atom. The van der Waals surface area contributed by atoms with Gasteiger partial charge in [0.2, 0.25) is 0 Å². The van der Waals surface area contributed by atoms with Gasteiger partial charge in [0.05, 0.1) is 11.0 Å². The maximum atomic E-state index is 4.87. The van der Waals surface area contributed by atoms with Gasteiger partial charge in [-0.05, 0) is 59.5 Å². The molecule has 0 aliphatic heterocycles. The number of aromatic nitrogens is 3. The molecule has 7 aromatic rings. The molecule has 3 aromatic heterocycles. The first-order chi connectivity index (χ1) is 17.3. The van der Waals surface area contributed by atoms with Crippen LogP contribution in [0.5, 0.6) is 0 Å². The number of halogens is 1. The van der Waals surface area contributed by atoms with Crippen molar-refractivity contribution in [1.29, 1.82) is 0 Å². The summed E-state index contributed by atoms with van der Waals surface area (Å²) in [5, 5.41) is 4.87. The largest absolute Gasteiger partial charge is 0.316 e. The van der Waals surface area contributed by atoms with Crippen molar-refractivity contribution in [2.75, 3.05) is 0 Å². The predicted molar refractivity (Wildman–Crippen MR) is 149 cm³/mol. The third kappa shape index (κ3) is 3.22. The number of fused-ring (bicyclic) bond motifs is 6. The zero-order valence-electron chi connectivity index (χ0n) is 18.8. The Bertz CT molecular complexity index is 1830. The predicted octanol–water partition coefficient (Wildman–Crippen LogP) is 8.55. The maximum absolute atomic E-state index is 4.87. The van der Waals surface area contributed by atoms with Crippen molar-refractivity contribution >= 4 is 48.5 Å². The quantitative estimate of drug-likeness (QED) is 0.232. The second-order valence-corrected chi connectivity index (χ2v) is 9.61. The average Bonchev–Trinajstić information content (AvgIpc) is 3.55. The monoisotopic (exact) mass is 513 g/mol. The van der Waals surface area contributed by atoms with Crippen LogP contribution in [0.15, 0.2) is 126 Å². The average molecular weight is 514 g/mol. The molecule has 0 fully saturated rings. The minimum Gasteiger partial charge on any atom is -0.316 e. The molecule has 0 amide bonds. The molecule has 3 nitrogen and oxygen atoms in total. The van der Waals surface area contributed by atoms with Gasteiger partial charge in [-0.3, -0.25) is 0 Å². The molecular weight excluding hydrogens is 494 g/mol. The van der Waals surface area contributed by atoms with Crippen molar-refractivity contribution in [3.8, 4) is 22.6 Å². The number of hydrogen-bond donors (Lipinski definition) is 0. The van der Waals surface area contributed by atoms with Crippen molar-refractivity contribution in [2.45, 2.75) is 0 Å². The zero-order chi connectivity index (χ0) is 23.4. The second kappa shape index (κ2) is 7.97. The van der Waals surface area contributed by atoms with E-state index in [0.717, 1.165) is 27.1 Å². The standard InChI is InChI=1S/C31H20BrN3/c32-23-12-13-25-28(19-23)26-15-17-34(24-9-5-2-6-10-24)30(26)27-16-18-35(31(25)27)29-14-11-22(20-33-29)21-7-3-1-4-8-21/h1-20H. The molecule has 35 heavy (non-hydrogen) atoms. The fraction of sp³-hybridized carbons (Fsp3) is 0. The molecule has 0 spiro atoms. The molecule has 4 aromatic carbocycles. The number of rotatable bonds is 3. The van der Waals surface area contributed by atoms with Gasteiger partial charge in [-0.2, -0.15) is 0 Å². The van der Waals surface area contributed by atoms with Gasteiger partial charge >= 0.3 is 0 Å². The summed E-state index contributed by atoms with van der Waals surface area (Å²) in [5.74, 6) is 0.904. The van der Waals surface area contributed by atoms with E-state index in [-0.39, 0.29) is 0 Å². The fourth-order valence-corrected chi connectivity index (χ4v) is 5.45. The van der Waals surface area contributed by atoms with Crippen molar-refractivity contribution in [1.82, 2.24) is 14.1 Å². The van der Waals surface area contributed by atoms with Gasteiger partial charge in [0.15, 0.2) is 0 Å². The van der Waals surface area contributed by atoms with E-state index in [9.17, 15) is 0 Å². The van der Waals surface area contributed by atoms with Crippen LogP contribution < -0.4 is 0 Å². The molecule has 0 saturated heterocycles. The van der Waals surface area contributed by atoms with E-state index in [0.29, 0.717) is 0 Å². The molecule has 0 N–H and O–H groups in total. The summed E-state index contributed by atoms with van der Waals surface area (Å²) in [6, 6.07) is 36.1. The molecule has 3 heterocycles. The van der Waals surface area contributed by atoms with E-state index in [2.05, 4.69) is 135 Å². The van der Waals surface area contributed by atoms with Crippen LogP contribution in [0.4, 0.5) is 0 Å². The highest BCUT2D eigenvalue weighted by Crippen LogP contribution is 2.39. The number of benzene rings is 4. The van der Waals surface area contributed by atoms with Crippen LogP contribution in [-0.4, -0.2) is 14.1 Å². The van der Waals surface area contributed by atoms with Crippen molar-refractivity contribution in [3.05, 3.63) is 126 Å². The van der Waals surface area contributed by atoms with Crippen LogP contribution in [0, 0.1) is 0 Å². The molecule has 0 saturated carbocycles. The maximum Gasteiger partial charge on any atom is 0.137 e. The summed E-state index contributed by atoms with van der Waals surface area (Å²) in [6.07, 6.45) is 6.27. The van der Waals surface area contributed by atoms with E-state index >= 15 is 0 Å². The highest BCUT2D eigenvalue weighted by Gasteiger charge is 2.17. The van der Waals surface area contributed by atoms with Crippen LogP contribution in [0.25, 0.3) is 55.2 Å². The number of hydrogen-bond acceptors (Lipinski definition) is 1. The van der Waals surface area contributed by atoms with Gasteiger partial charge < -0.3 is 9.13 Å². The van der Waals surface area contributed by atoms with Gasteiger partial charge in [0.1, 0.15) is 5.82 Å². The molecule has 0 unspecified atom stereocenters. The second-order valence-electron chi connectivity index (χ2n) is 8.69. The molecule has 166 valence electrons. The minimum absolute atomic E-state index is 0.904. The normalized spacial score (nSPS) is 11.6. The summed E-state index contributed by atoms with van der Waals surface area (Å²) in [4.78, 5) is 4.87. The van der Waals surface area contributed by atoms with E-state index < -0.39 is 0 Å². The van der Waals surface area contributed by atoms with Gasteiger partial charge in [0, 0.05) is 50.5 Å². The molecule has 0 atom stereocenters. The SMILES string of the molecule is Brc1ccc2c(c1)c1ccn(-c3ccccc3)c1c1ccn(-c3ccc(-c4ccccc4)cn3)c21. The van der Waals surface area contributed by atoms with Gasteiger partial charge in [-0.25, -0.2) is 4.98 Å². The zero-order valence-corrected chi connectivity index (χ0v) is 20.4. The summed E-state index contributed by atoms with van der Waals surface area (Å²) in [7, 11) is 0. The van der Waals surface area contributed by atoms with Crippen molar-refractivity contribution in [3.63, 3.8) is 0 Å². The topological polar surface area (TPSA) is 22.8 Å². The Hall–Kier alpha value is -4.15. The fourth-order valence-electron chi connectivity index (χ4n) is 5.09. The highest BCUT2D eigenvalue weighted by atomic mass is 79.9. The number of para-hydroxylation sites is 1. The summed E-state index contributed by atoms with van der Waals surface area (Å²) >= 11 is 3.69. The van der Waals surface area contributed by atoms with Crippen LogP contribution in [-0.2, 0) is 0 Å². The van der Waals surface area contributed by atoms with E-state index in [4.69, 9.17) is 4.98 Å². The molecule has 0 bridgehead atoms. The van der Waals surface area contributed by atoms with Gasteiger partial charge in [-0.1, -0.05) is 70.5 Å². The van der Waals surface area contributed by atoms with Crippen molar-refractivity contribution < 1.29 is 0 Å². The van der Waals surface area contributed by atoms with E-state index in [1.165, 1.54) is 32.6 Å². The Kier molecular flexibility index (Phi) is 4.61. The number of pyridine rings is 1. The highest BCUT2D eigenvalue weighted by molar-refractivity contribution is 9.10. The lowest BCUT2D eigenvalue weighted by Gasteiger charge is -2.12. The van der Waals surface area contributed by atoms with Crippen LogP contribution in [0.1, 0.15) is 0 Å². The van der Waals surface area contributed by atoms with Gasteiger partial charge in [-0.15, -0.1) is 0 Å². The Balaban J connectivity index is 1.51. The lowest BCUT2D eigenvalue weighted by Crippen LogP contribution is -1.97. The molecule has 0 aliphatic carbocycles. The van der Waals surface area contributed by atoms with Crippen LogP contribution in [0.3, 0.4) is 0 Å². The lowest BCUT2D eigenvalue weighted by molar-refractivity contribution is 1.05. The Morgan fingerprint density at radius 3 is 2.00 bits per heavy atom. The first kappa shape index (κ1) is 20.2. The lowest BCUT2D eigenvalue weighted by atomic mass is 10.0. The number of nitrogens with zero attached hydrogens (tertiary/aromatic N) is 3. The first-order valence-electron chi connectivity index (χ1n) is 11.6. The summed E-state index contributed by atoms with van der Waals surface area (Å²) < 4.78 is 5.57. The first-order valence-corrected chi connectivity index (χ1v) is 12.4. The molecule has 0 aliphatic rings. The van der Waals surface area contributed by atoms with E-state index in [1.54, 1.807) is 0 Å². The Morgan fingerprint density at radius 1 is 0.543 bits per heavy atom. The molecule has 0 radical (unpaired) electrons. The third-order valence-electron chi connectivity index (χ3n) is 6.69. The molecule has 7 rings (SSSR count). The molecule has 4 heteroatoms. The summed E-state index contributed by atoms with van der Waals surface area (Å²) in [5.41, 5.74) is 5.80. The summed E-state index contributed by atoms with van der Waals surface area (Å²) in [6.45, 7) is 0. The van der Waals surface area contributed by atoms with Crippen LogP contribution in [0.2, 0.25) is 0 Å². The van der Waals surface area contributed by atoms with E-state index in [1.807, 2.05) is 12.3 Å². The van der Waals surface area contributed by atoms with Crippen molar-refractivity contribution in [2.24, 2.45) is 0 Å². The Labute approximate surface area is 211 Å². The van der Waals surface area contributed by atoms with Crippen LogP contribution >= 0.6 is 15.9 Å². The third-order valence-corrected chi connectivity index (χ3v) is 7.18. The van der Waals surface area contributed by atoms with Gasteiger partial charge in [0.25, 0.3) is 0 Å². The molecular formula is C31H20BrN3.